The lowest BCUT2D eigenvalue weighted by atomic mass is 10.0. The third-order valence-electron chi connectivity index (χ3n) is 2.19. The molecule has 0 fully saturated rings. The number of methoxy groups -OCH3 is 1. The van der Waals surface area contributed by atoms with E-state index in [1.54, 1.807) is 25.3 Å². The highest BCUT2D eigenvalue weighted by atomic mass is 35.5. The van der Waals surface area contributed by atoms with Gasteiger partial charge >= 0.3 is 5.97 Å². The van der Waals surface area contributed by atoms with E-state index in [4.69, 9.17) is 21.4 Å². The van der Waals surface area contributed by atoms with Crippen molar-refractivity contribution in [2.24, 2.45) is 0 Å². The first-order chi connectivity index (χ1) is 7.58. The van der Waals surface area contributed by atoms with Crippen LogP contribution in [-0.4, -0.2) is 18.2 Å². The second-order valence-corrected chi connectivity index (χ2v) is 3.64. The Bertz CT molecular complexity index is 424. The molecule has 0 amide bonds. The number of halogens is 1. The summed E-state index contributed by atoms with van der Waals surface area (Å²) in [6.45, 7) is 1.88. The van der Waals surface area contributed by atoms with Gasteiger partial charge in [0.25, 0.3) is 0 Å². The summed E-state index contributed by atoms with van der Waals surface area (Å²) in [7, 11) is 1.54. The Balaban J connectivity index is 3.28. The summed E-state index contributed by atoms with van der Waals surface area (Å²) in [5.74, 6) is -0.349. The third kappa shape index (κ3) is 3.00. The lowest BCUT2D eigenvalue weighted by molar-refractivity contribution is -0.131. The molecule has 86 valence electrons. The van der Waals surface area contributed by atoms with Crippen LogP contribution in [0, 0.1) is 0 Å². The fraction of sp³-hybridized carbons (Fsp3) is 0.250. The van der Waals surface area contributed by atoms with Crippen molar-refractivity contribution in [1.29, 1.82) is 0 Å². The lowest BCUT2D eigenvalue weighted by Crippen LogP contribution is -1.95. The Morgan fingerprint density at radius 3 is 2.75 bits per heavy atom. The molecule has 0 heterocycles. The van der Waals surface area contributed by atoms with Crippen LogP contribution in [0.4, 0.5) is 0 Å². The number of rotatable bonds is 4. The molecule has 0 atom stereocenters. The van der Waals surface area contributed by atoms with Gasteiger partial charge in [-0.05, 0) is 30.2 Å². The second-order valence-electron chi connectivity index (χ2n) is 3.21. The van der Waals surface area contributed by atoms with Crippen LogP contribution in [0.15, 0.2) is 24.3 Å². The minimum absolute atomic E-state index is 0.556. The summed E-state index contributed by atoms with van der Waals surface area (Å²) in [4.78, 5) is 10.7. The maximum atomic E-state index is 10.7. The van der Waals surface area contributed by atoms with E-state index in [1.807, 2.05) is 6.92 Å². The van der Waals surface area contributed by atoms with Crippen LogP contribution in [-0.2, 0) is 4.79 Å². The van der Waals surface area contributed by atoms with Gasteiger partial charge in [-0.15, -0.1) is 0 Å². The molecule has 0 aromatic heterocycles. The molecule has 0 aliphatic rings. The quantitative estimate of drug-likeness (QED) is 0.822. The van der Waals surface area contributed by atoms with E-state index in [-0.39, 0.29) is 0 Å². The highest BCUT2D eigenvalue weighted by Gasteiger charge is 2.09. The number of ether oxygens (including phenoxy) is 1. The molecule has 4 heteroatoms. The first-order valence-electron chi connectivity index (χ1n) is 4.86. The summed E-state index contributed by atoms with van der Waals surface area (Å²) in [6, 6.07) is 5.14. The molecule has 0 unspecified atom stereocenters. The Kier molecular flexibility index (Phi) is 4.38. The smallest absolute Gasteiger partial charge is 0.328 e. The number of aliphatic carboxylic acids is 1. The van der Waals surface area contributed by atoms with Crippen molar-refractivity contribution in [1.82, 2.24) is 0 Å². The predicted octanol–water partition coefficient (Wildman–Crippen LogP) is 3.23. The van der Waals surface area contributed by atoms with Crippen molar-refractivity contribution in [2.45, 2.75) is 13.3 Å². The Labute approximate surface area is 99.3 Å². The molecule has 1 N–H and O–H groups in total. The van der Waals surface area contributed by atoms with Crippen LogP contribution in [0.1, 0.15) is 18.9 Å². The zero-order chi connectivity index (χ0) is 12.1. The normalized spacial score (nSPS) is 11.3. The first kappa shape index (κ1) is 12.6. The SMILES string of the molecule is CC/C(=C\C(=O)O)c1cc(Cl)ccc1OC. The molecule has 0 aliphatic carbocycles. The number of carboxylic acid groups (broad SMARTS) is 1. The molecule has 3 nitrogen and oxygen atoms in total. The molecule has 1 rings (SSSR count). The molecule has 0 bridgehead atoms. The number of benzene rings is 1. The molecule has 16 heavy (non-hydrogen) atoms. The van der Waals surface area contributed by atoms with E-state index in [0.717, 1.165) is 5.56 Å². The molecule has 0 spiro atoms. The van der Waals surface area contributed by atoms with E-state index in [1.165, 1.54) is 6.08 Å². The largest absolute Gasteiger partial charge is 0.496 e. The number of hydrogen-bond donors (Lipinski definition) is 1. The van der Waals surface area contributed by atoms with Crippen molar-refractivity contribution in [3.05, 3.63) is 34.9 Å². The van der Waals surface area contributed by atoms with Gasteiger partial charge in [0.15, 0.2) is 0 Å². The van der Waals surface area contributed by atoms with Gasteiger partial charge in [-0.25, -0.2) is 4.79 Å². The molecular formula is C12H13ClO3. The molecular weight excluding hydrogens is 228 g/mol. The topological polar surface area (TPSA) is 46.5 Å². The van der Waals surface area contributed by atoms with Crippen LogP contribution in [0.25, 0.3) is 5.57 Å². The van der Waals surface area contributed by atoms with E-state index in [9.17, 15) is 4.79 Å². The molecule has 0 radical (unpaired) electrons. The zero-order valence-electron chi connectivity index (χ0n) is 9.16. The Hall–Kier alpha value is -1.48. The zero-order valence-corrected chi connectivity index (χ0v) is 9.91. The standard InChI is InChI=1S/C12H13ClO3/c1-3-8(6-12(14)15)10-7-9(13)4-5-11(10)16-2/h4-7H,3H2,1-2H3,(H,14,15)/b8-6+. The van der Waals surface area contributed by atoms with Crippen LogP contribution in [0.3, 0.4) is 0 Å². The van der Waals surface area contributed by atoms with Gasteiger partial charge in [-0.2, -0.15) is 0 Å². The van der Waals surface area contributed by atoms with Crippen LogP contribution < -0.4 is 4.74 Å². The van der Waals surface area contributed by atoms with Crippen LogP contribution in [0.2, 0.25) is 5.02 Å². The van der Waals surface area contributed by atoms with E-state index >= 15 is 0 Å². The first-order valence-corrected chi connectivity index (χ1v) is 5.23. The molecule has 1 aromatic carbocycles. The van der Waals surface area contributed by atoms with Gasteiger partial charge in [-0.1, -0.05) is 18.5 Å². The van der Waals surface area contributed by atoms with E-state index in [2.05, 4.69) is 0 Å². The summed E-state index contributed by atoms with van der Waals surface area (Å²) in [6.07, 6.45) is 1.77. The van der Waals surface area contributed by atoms with E-state index in [0.29, 0.717) is 22.8 Å². The minimum atomic E-state index is -0.973. The fourth-order valence-electron chi connectivity index (χ4n) is 1.45. The highest BCUT2D eigenvalue weighted by molar-refractivity contribution is 6.30. The Morgan fingerprint density at radius 2 is 2.25 bits per heavy atom. The van der Waals surface area contributed by atoms with Crippen molar-refractivity contribution in [2.75, 3.05) is 7.11 Å². The summed E-state index contributed by atoms with van der Waals surface area (Å²) < 4.78 is 5.17. The van der Waals surface area contributed by atoms with Crippen molar-refractivity contribution in [3.8, 4) is 5.75 Å². The van der Waals surface area contributed by atoms with Gasteiger partial charge in [0, 0.05) is 16.7 Å². The average Bonchev–Trinajstić information content (AvgIpc) is 2.25. The van der Waals surface area contributed by atoms with Gasteiger partial charge in [0.2, 0.25) is 0 Å². The lowest BCUT2D eigenvalue weighted by Gasteiger charge is -2.10. The Morgan fingerprint density at radius 1 is 1.56 bits per heavy atom. The average molecular weight is 241 g/mol. The fourth-order valence-corrected chi connectivity index (χ4v) is 1.62. The third-order valence-corrected chi connectivity index (χ3v) is 2.42. The minimum Gasteiger partial charge on any atom is -0.496 e. The summed E-state index contributed by atoms with van der Waals surface area (Å²) in [5, 5.41) is 9.32. The number of carboxylic acids is 1. The van der Waals surface area contributed by atoms with E-state index < -0.39 is 5.97 Å². The number of hydrogen-bond acceptors (Lipinski definition) is 2. The molecule has 1 aromatic rings. The van der Waals surface area contributed by atoms with Gasteiger partial charge in [-0.3, -0.25) is 0 Å². The van der Waals surface area contributed by atoms with Crippen molar-refractivity contribution in [3.63, 3.8) is 0 Å². The van der Waals surface area contributed by atoms with Crippen LogP contribution in [0.5, 0.6) is 5.75 Å². The maximum Gasteiger partial charge on any atom is 0.328 e. The van der Waals surface area contributed by atoms with Gasteiger partial charge in [0.1, 0.15) is 5.75 Å². The van der Waals surface area contributed by atoms with Crippen LogP contribution >= 0.6 is 11.6 Å². The van der Waals surface area contributed by atoms with Crippen molar-refractivity contribution < 1.29 is 14.6 Å². The van der Waals surface area contributed by atoms with Gasteiger partial charge in [0.05, 0.1) is 7.11 Å². The molecule has 0 saturated heterocycles. The molecule has 0 saturated carbocycles. The molecule has 0 aliphatic heterocycles. The van der Waals surface area contributed by atoms with Crippen molar-refractivity contribution >= 4 is 23.1 Å². The second kappa shape index (κ2) is 5.56. The van der Waals surface area contributed by atoms with Gasteiger partial charge < -0.3 is 9.84 Å². The highest BCUT2D eigenvalue weighted by Crippen LogP contribution is 2.30. The number of allylic oxidation sites excluding steroid dienone is 1. The summed E-state index contributed by atoms with van der Waals surface area (Å²) in [5.41, 5.74) is 1.41. The maximum absolute atomic E-state index is 10.7. The summed E-state index contributed by atoms with van der Waals surface area (Å²) >= 11 is 5.88. The predicted molar refractivity (Wildman–Crippen MR) is 63.9 cm³/mol. The monoisotopic (exact) mass is 240 g/mol. The number of carbonyl (C=O) groups is 1.